The minimum Gasteiger partial charge on any atom is -0.261 e. The number of aryl methyl sites for hydroxylation is 1. The molecular formula is C12H8FN3S. The third-order valence-corrected chi connectivity index (χ3v) is 3.45. The first-order valence-electron chi connectivity index (χ1n) is 5.07. The van der Waals surface area contributed by atoms with Gasteiger partial charge in [0, 0.05) is 11.8 Å². The molecule has 0 bridgehead atoms. The number of rotatable bonds is 1. The van der Waals surface area contributed by atoms with Crippen LogP contribution in [0.3, 0.4) is 0 Å². The van der Waals surface area contributed by atoms with E-state index in [0.29, 0.717) is 11.4 Å². The zero-order valence-corrected chi connectivity index (χ0v) is 9.83. The Labute approximate surface area is 101 Å². The van der Waals surface area contributed by atoms with Crippen LogP contribution in [0.2, 0.25) is 0 Å². The van der Waals surface area contributed by atoms with Crippen molar-refractivity contribution in [2.45, 2.75) is 6.92 Å². The molecule has 0 aliphatic carbocycles. The van der Waals surface area contributed by atoms with E-state index < -0.39 is 0 Å². The summed E-state index contributed by atoms with van der Waals surface area (Å²) in [5.74, 6) is 0.134. The fourth-order valence-electron chi connectivity index (χ4n) is 1.67. The third kappa shape index (κ3) is 1.78. The summed E-state index contributed by atoms with van der Waals surface area (Å²) < 4.78 is 14.2. The lowest BCUT2D eigenvalue weighted by atomic mass is 10.2. The minimum absolute atomic E-state index is 0.380. The molecule has 0 spiro atoms. The summed E-state index contributed by atoms with van der Waals surface area (Å²) in [7, 11) is 0. The highest BCUT2D eigenvalue weighted by molar-refractivity contribution is 7.17. The third-order valence-electron chi connectivity index (χ3n) is 2.44. The summed E-state index contributed by atoms with van der Waals surface area (Å²) in [6, 6.07) is 3.32. The van der Waals surface area contributed by atoms with E-state index in [-0.39, 0.29) is 5.82 Å². The van der Waals surface area contributed by atoms with Crippen LogP contribution in [0.1, 0.15) is 5.69 Å². The maximum absolute atomic E-state index is 13.1. The molecule has 3 nitrogen and oxygen atoms in total. The number of hydrogen-bond donors (Lipinski definition) is 0. The van der Waals surface area contributed by atoms with Gasteiger partial charge < -0.3 is 0 Å². The molecule has 3 aromatic rings. The Bertz CT molecular complexity index is 693. The second kappa shape index (κ2) is 3.85. The number of pyridine rings is 1. The van der Waals surface area contributed by atoms with Crippen molar-refractivity contribution in [3.63, 3.8) is 0 Å². The van der Waals surface area contributed by atoms with Crippen LogP contribution in [0.5, 0.6) is 0 Å². The quantitative estimate of drug-likeness (QED) is 0.660. The second-order valence-corrected chi connectivity index (χ2v) is 4.58. The highest BCUT2D eigenvalue weighted by atomic mass is 32.1. The molecular weight excluding hydrogens is 237 g/mol. The smallest absolute Gasteiger partial charge is 0.161 e. The lowest BCUT2D eigenvalue weighted by molar-refractivity contribution is 0.622. The molecule has 0 unspecified atom stereocenters. The lowest BCUT2D eigenvalue weighted by Gasteiger charge is -2.02. The molecule has 5 heteroatoms. The highest BCUT2D eigenvalue weighted by Gasteiger charge is 2.08. The van der Waals surface area contributed by atoms with Gasteiger partial charge in [0.05, 0.1) is 22.1 Å². The first-order chi connectivity index (χ1) is 8.24. The average Bonchev–Trinajstić information content (AvgIpc) is 2.77. The Kier molecular flexibility index (Phi) is 2.33. The normalized spacial score (nSPS) is 10.9. The predicted molar refractivity (Wildman–Crippen MR) is 65.3 cm³/mol. The summed E-state index contributed by atoms with van der Waals surface area (Å²) in [6.45, 7) is 1.93. The lowest BCUT2D eigenvalue weighted by Crippen LogP contribution is -1.93. The van der Waals surface area contributed by atoms with Crippen LogP contribution >= 0.6 is 11.3 Å². The first-order valence-corrected chi connectivity index (χ1v) is 5.95. The Morgan fingerprint density at radius 1 is 1.24 bits per heavy atom. The minimum atomic E-state index is -0.380. The van der Waals surface area contributed by atoms with E-state index >= 15 is 0 Å². The zero-order valence-electron chi connectivity index (χ0n) is 9.01. The molecule has 0 atom stereocenters. The average molecular weight is 245 g/mol. The molecule has 0 aliphatic heterocycles. The van der Waals surface area contributed by atoms with Gasteiger partial charge in [-0.1, -0.05) is 0 Å². The number of nitrogens with zero attached hydrogens (tertiary/aromatic N) is 3. The van der Waals surface area contributed by atoms with Gasteiger partial charge in [-0.15, -0.1) is 11.3 Å². The Balaban J connectivity index is 2.23. The maximum atomic E-state index is 13.1. The number of thiophene rings is 1. The van der Waals surface area contributed by atoms with Gasteiger partial charge in [-0.2, -0.15) is 0 Å². The van der Waals surface area contributed by atoms with Gasteiger partial charge in [0.15, 0.2) is 5.82 Å². The van der Waals surface area contributed by atoms with Crippen molar-refractivity contribution >= 4 is 21.6 Å². The number of aromatic nitrogens is 3. The zero-order chi connectivity index (χ0) is 11.8. The van der Waals surface area contributed by atoms with E-state index in [0.717, 1.165) is 15.9 Å². The molecule has 0 saturated heterocycles. The summed E-state index contributed by atoms with van der Waals surface area (Å²) in [4.78, 5) is 12.6. The Hall–Kier alpha value is -1.88. The van der Waals surface area contributed by atoms with Crippen molar-refractivity contribution < 1.29 is 4.39 Å². The molecule has 0 aliphatic rings. The number of halogens is 1. The molecule has 0 saturated carbocycles. The number of hydrogen-bond acceptors (Lipinski definition) is 4. The van der Waals surface area contributed by atoms with Gasteiger partial charge in [-0.05, 0) is 24.4 Å². The standard InChI is InChI=1S/C12H8FN3S/c1-7-11-10(2-3-17-11)16-12(15-7)8-4-9(13)6-14-5-8/h2-6H,1H3. The largest absolute Gasteiger partial charge is 0.261 e. The number of fused-ring (bicyclic) bond motifs is 1. The summed E-state index contributed by atoms with van der Waals surface area (Å²) in [5, 5.41) is 1.97. The predicted octanol–water partition coefficient (Wildman–Crippen LogP) is 3.20. The molecule has 0 N–H and O–H groups in total. The Morgan fingerprint density at radius 2 is 2.12 bits per heavy atom. The fraction of sp³-hybridized carbons (Fsp3) is 0.0833. The van der Waals surface area contributed by atoms with Gasteiger partial charge in [-0.3, -0.25) is 4.98 Å². The highest BCUT2D eigenvalue weighted by Crippen LogP contribution is 2.24. The molecule has 84 valence electrons. The summed E-state index contributed by atoms with van der Waals surface area (Å²) in [6.07, 6.45) is 2.73. The van der Waals surface area contributed by atoms with Gasteiger partial charge in [0.2, 0.25) is 0 Å². The van der Waals surface area contributed by atoms with Gasteiger partial charge >= 0.3 is 0 Å². The topological polar surface area (TPSA) is 38.7 Å². The van der Waals surface area contributed by atoms with Crippen molar-refractivity contribution in [2.24, 2.45) is 0 Å². The van der Waals surface area contributed by atoms with E-state index in [1.54, 1.807) is 17.5 Å². The van der Waals surface area contributed by atoms with Crippen molar-refractivity contribution in [1.82, 2.24) is 15.0 Å². The summed E-state index contributed by atoms with van der Waals surface area (Å²) >= 11 is 1.61. The molecule has 0 aromatic carbocycles. The fourth-order valence-corrected chi connectivity index (χ4v) is 2.46. The van der Waals surface area contributed by atoms with Gasteiger partial charge in [0.1, 0.15) is 5.82 Å². The van der Waals surface area contributed by atoms with Crippen LogP contribution in [-0.4, -0.2) is 15.0 Å². The SMILES string of the molecule is Cc1nc(-c2cncc(F)c2)nc2ccsc12. The van der Waals surface area contributed by atoms with Crippen LogP contribution in [0.25, 0.3) is 21.6 Å². The van der Waals surface area contributed by atoms with Gasteiger partial charge in [-0.25, -0.2) is 14.4 Å². The monoisotopic (exact) mass is 245 g/mol. The second-order valence-electron chi connectivity index (χ2n) is 3.66. The maximum Gasteiger partial charge on any atom is 0.161 e. The van der Waals surface area contributed by atoms with Crippen molar-refractivity contribution in [1.29, 1.82) is 0 Å². The van der Waals surface area contributed by atoms with Crippen LogP contribution in [0.15, 0.2) is 29.9 Å². The van der Waals surface area contributed by atoms with E-state index in [1.807, 2.05) is 18.4 Å². The van der Waals surface area contributed by atoms with E-state index in [1.165, 1.54) is 12.3 Å². The van der Waals surface area contributed by atoms with E-state index in [9.17, 15) is 4.39 Å². The summed E-state index contributed by atoms with van der Waals surface area (Å²) in [5.41, 5.74) is 2.40. The van der Waals surface area contributed by atoms with Crippen LogP contribution < -0.4 is 0 Å². The molecule has 3 aromatic heterocycles. The van der Waals surface area contributed by atoms with Crippen LogP contribution in [-0.2, 0) is 0 Å². The molecule has 17 heavy (non-hydrogen) atoms. The van der Waals surface area contributed by atoms with Crippen LogP contribution in [0, 0.1) is 12.7 Å². The van der Waals surface area contributed by atoms with E-state index in [4.69, 9.17) is 0 Å². The first kappa shape index (κ1) is 10.3. The van der Waals surface area contributed by atoms with Crippen molar-refractivity contribution in [3.8, 4) is 11.4 Å². The van der Waals surface area contributed by atoms with Crippen molar-refractivity contribution in [2.75, 3.05) is 0 Å². The van der Waals surface area contributed by atoms with Gasteiger partial charge in [0.25, 0.3) is 0 Å². The molecule has 0 radical (unpaired) electrons. The molecule has 3 heterocycles. The van der Waals surface area contributed by atoms with Crippen LogP contribution in [0.4, 0.5) is 4.39 Å². The van der Waals surface area contributed by atoms with E-state index in [2.05, 4.69) is 15.0 Å². The molecule has 0 fully saturated rings. The molecule has 3 rings (SSSR count). The molecule has 0 amide bonds. The Morgan fingerprint density at radius 3 is 2.94 bits per heavy atom. The van der Waals surface area contributed by atoms with Crippen molar-refractivity contribution in [3.05, 3.63) is 41.4 Å².